The lowest BCUT2D eigenvalue weighted by Crippen LogP contribution is -2.26. The topological polar surface area (TPSA) is 29.9 Å². The van der Waals surface area contributed by atoms with E-state index < -0.39 is 0 Å². The van der Waals surface area contributed by atoms with Gasteiger partial charge < -0.3 is 9.88 Å². The molecule has 0 spiro atoms. The largest absolute Gasteiger partial charge is 0.331 e. The Morgan fingerprint density at radius 3 is 3.05 bits per heavy atom. The van der Waals surface area contributed by atoms with E-state index in [0.29, 0.717) is 0 Å². The molecule has 106 valence electrons. The van der Waals surface area contributed by atoms with Crippen molar-refractivity contribution in [2.24, 2.45) is 11.8 Å². The summed E-state index contributed by atoms with van der Waals surface area (Å²) in [5, 5.41) is 3.44. The second-order valence-corrected chi connectivity index (χ2v) is 6.45. The van der Waals surface area contributed by atoms with E-state index in [4.69, 9.17) is 4.98 Å². The van der Waals surface area contributed by atoms with Crippen LogP contribution in [0.25, 0.3) is 0 Å². The average molecular weight is 261 g/mol. The number of aromatic nitrogens is 2. The molecule has 1 aliphatic heterocycles. The minimum atomic E-state index is 0.877. The average Bonchev–Trinajstić information content (AvgIpc) is 2.77. The highest BCUT2D eigenvalue weighted by atomic mass is 15.1. The summed E-state index contributed by atoms with van der Waals surface area (Å²) in [6, 6.07) is 0. The van der Waals surface area contributed by atoms with Crippen molar-refractivity contribution in [3.05, 3.63) is 17.2 Å². The van der Waals surface area contributed by atoms with Gasteiger partial charge in [0, 0.05) is 38.2 Å². The summed E-state index contributed by atoms with van der Waals surface area (Å²) in [5.41, 5.74) is 2.83. The van der Waals surface area contributed by atoms with E-state index in [1.807, 2.05) is 0 Å². The summed E-state index contributed by atoms with van der Waals surface area (Å²) in [7, 11) is 0. The first-order chi connectivity index (χ1) is 9.28. The molecular formula is C16H27N3. The number of imidazole rings is 1. The van der Waals surface area contributed by atoms with Crippen molar-refractivity contribution in [3.63, 3.8) is 0 Å². The van der Waals surface area contributed by atoms with Crippen molar-refractivity contribution in [1.29, 1.82) is 0 Å². The van der Waals surface area contributed by atoms with Crippen molar-refractivity contribution in [3.8, 4) is 0 Å². The van der Waals surface area contributed by atoms with Gasteiger partial charge in [-0.25, -0.2) is 4.98 Å². The van der Waals surface area contributed by atoms with Crippen LogP contribution in [0.1, 0.15) is 56.7 Å². The van der Waals surface area contributed by atoms with Crippen LogP contribution in [0, 0.1) is 11.8 Å². The number of aryl methyl sites for hydroxylation is 1. The second kappa shape index (κ2) is 5.66. The third-order valence-electron chi connectivity index (χ3n) is 4.87. The third-order valence-corrected chi connectivity index (χ3v) is 4.87. The quantitative estimate of drug-likeness (QED) is 0.906. The molecule has 1 N–H and O–H groups in total. The highest BCUT2D eigenvalue weighted by molar-refractivity contribution is 5.20. The van der Waals surface area contributed by atoms with Crippen molar-refractivity contribution in [1.82, 2.24) is 14.9 Å². The Balaban J connectivity index is 1.80. The molecule has 3 rings (SSSR count). The van der Waals surface area contributed by atoms with Crippen molar-refractivity contribution >= 4 is 0 Å². The Labute approximate surface area is 116 Å². The van der Waals surface area contributed by atoms with E-state index in [1.54, 1.807) is 0 Å². The summed E-state index contributed by atoms with van der Waals surface area (Å²) < 4.78 is 2.57. The second-order valence-electron chi connectivity index (χ2n) is 6.45. The Hall–Kier alpha value is -0.830. The highest BCUT2D eigenvalue weighted by Gasteiger charge is 2.24. The van der Waals surface area contributed by atoms with Gasteiger partial charge in [0.25, 0.3) is 0 Å². The zero-order valence-corrected chi connectivity index (χ0v) is 12.4. The van der Waals surface area contributed by atoms with Gasteiger partial charge in [-0.05, 0) is 24.7 Å². The standard InChI is InChI=1S/C16H27N3/c1-3-16-18-14-10-17-8-7-15(14)19(16)11-13-6-4-5-12(2)9-13/h12-13,17H,3-11H2,1-2H3. The van der Waals surface area contributed by atoms with Crippen LogP contribution in [0.3, 0.4) is 0 Å². The van der Waals surface area contributed by atoms with E-state index in [1.165, 1.54) is 49.4 Å². The Bertz CT molecular complexity index is 435. The highest BCUT2D eigenvalue weighted by Crippen LogP contribution is 2.31. The van der Waals surface area contributed by atoms with Gasteiger partial charge >= 0.3 is 0 Å². The molecule has 0 bridgehead atoms. The molecule has 1 fully saturated rings. The van der Waals surface area contributed by atoms with E-state index >= 15 is 0 Å². The lowest BCUT2D eigenvalue weighted by atomic mass is 9.82. The van der Waals surface area contributed by atoms with Gasteiger partial charge in [0.1, 0.15) is 5.82 Å². The smallest absolute Gasteiger partial charge is 0.108 e. The first-order valence-corrected chi connectivity index (χ1v) is 8.05. The van der Waals surface area contributed by atoms with Crippen LogP contribution in [-0.4, -0.2) is 16.1 Å². The van der Waals surface area contributed by atoms with Crippen LogP contribution >= 0.6 is 0 Å². The van der Waals surface area contributed by atoms with E-state index in [0.717, 1.165) is 37.8 Å². The summed E-state index contributed by atoms with van der Waals surface area (Å²) >= 11 is 0. The molecule has 1 aromatic rings. The van der Waals surface area contributed by atoms with Crippen LogP contribution in [0.4, 0.5) is 0 Å². The first-order valence-electron chi connectivity index (χ1n) is 8.05. The molecule has 1 aromatic heterocycles. The van der Waals surface area contributed by atoms with E-state index in [-0.39, 0.29) is 0 Å². The van der Waals surface area contributed by atoms with Crippen LogP contribution in [0.5, 0.6) is 0 Å². The summed E-state index contributed by atoms with van der Waals surface area (Å²) in [6.07, 6.45) is 7.90. The molecule has 0 saturated heterocycles. The minimum Gasteiger partial charge on any atom is -0.331 e. The molecule has 1 aliphatic carbocycles. The molecule has 0 amide bonds. The normalized spacial score (nSPS) is 27.3. The van der Waals surface area contributed by atoms with Crippen LogP contribution < -0.4 is 5.32 Å². The maximum atomic E-state index is 4.85. The molecule has 3 nitrogen and oxygen atoms in total. The zero-order chi connectivity index (χ0) is 13.2. The molecule has 1 saturated carbocycles. The predicted molar refractivity (Wildman–Crippen MR) is 78.1 cm³/mol. The fourth-order valence-electron chi connectivity index (χ4n) is 3.90. The van der Waals surface area contributed by atoms with Crippen LogP contribution in [0.15, 0.2) is 0 Å². The summed E-state index contributed by atoms with van der Waals surface area (Å²) in [6.45, 7) is 7.95. The van der Waals surface area contributed by atoms with Crippen LogP contribution in [-0.2, 0) is 25.9 Å². The fraction of sp³-hybridized carbons (Fsp3) is 0.812. The number of nitrogens with zero attached hydrogens (tertiary/aromatic N) is 2. The molecule has 2 heterocycles. The summed E-state index contributed by atoms with van der Waals surface area (Å²) in [5.74, 6) is 3.11. The van der Waals surface area contributed by atoms with Gasteiger partial charge in [0.15, 0.2) is 0 Å². The van der Waals surface area contributed by atoms with Gasteiger partial charge in [-0.3, -0.25) is 0 Å². The SMILES string of the molecule is CCc1nc2c(n1CC1CCCC(C)C1)CCNC2. The number of nitrogens with one attached hydrogen (secondary N) is 1. The lowest BCUT2D eigenvalue weighted by Gasteiger charge is -2.28. The van der Waals surface area contributed by atoms with Gasteiger partial charge in [-0.2, -0.15) is 0 Å². The van der Waals surface area contributed by atoms with Crippen molar-refractivity contribution in [2.45, 2.75) is 65.5 Å². The summed E-state index contributed by atoms with van der Waals surface area (Å²) in [4.78, 5) is 4.85. The number of hydrogen-bond donors (Lipinski definition) is 1. The van der Waals surface area contributed by atoms with E-state index in [2.05, 4.69) is 23.7 Å². The maximum Gasteiger partial charge on any atom is 0.108 e. The maximum absolute atomic E-state index is 4.85. The van der Waals surface area contributed by atoms with Gasteiger partial charge in [-0.1, -0.05) is 26.7 Å². The van der Waals surface area contributed by atoms with Gasteiger partial charge in [-0.15, -0.1) is 0 Å². The predicted octanol–water partition coefficient (Wildman–Crippen LogP) is 2.92. The Kier molecular flexibility index (Phi) is 3.92. The zero-order valence-electron chi connectivity index (χ0n) is 12.4. The molecule has 3 heteroatoms. The molecule has 0 aromatic carbocycles. The van der Waals surface area contributed by atoms with Crippen molar-refractivity contribution in [2.75, 3.05) is 6.54 Å². The first kappa shape index (κ1) is 13.2. The van der Waals surface area contributed by atoms with Gasteiger partial charge in [0.2, 0.25) is 0 Å². The lowest BCUT2D eigenvalue weighted by molar-refractivity contribution is 0.253. The third kappa shape index (κ3) is 2.71. The molecule has 0 radical (unpaired) electrons. The molecule has 19 heavy (non-hydrogen) atoms. The molecular weight excluding hydrogens is 234 g/mol. The van der Waals surface area contributed by atoms with Crippen LogP contribution in [0.2, 0.25) is 0 Å². The monoisotopic (exact) mass is 261 g/mol. The van der Waals surface area contributed by atoms with E-state index in [9.17, 15) is 0 Å². The Morgan fingerprint density at radius 2 is 2.26 bits per heavy atom. The minimum absolute atomic E-state index is 0.877. The fourth-order valence-corrected chi connectivity index (χ4v) is 3.90. The molecule has 2 aliphatic rings. The molecule has 2 unspecified atom stereocenters. The molecule has 2 atom stereocenters. The number of fused-ring (bicyclic) bond motifs is 1. The van der Waals surface area contributed by atoms with Gasteiger partial charge in [0.05, 0.1) is 5.69 Å². The Morgan fingerprint density at radius 1 is 1.37 bits per heavy atom. The number of hydrogen-bond acceptors (Lipinski definition) is 2. The van der Waals surface area contributed by atoms with Crippen molar-refractivity contribution < 1.29 is 0 Å². The number of rotatable bonds is 3.